The van der Waals surface area contributed by atoms with Crippen molar-refractivity contribution in [3.8, 4) is 0 Å². The fourth-order valence-corrected chi connectivity index (χ4v) is 4.13. The number of aliphatic hydroxyl groups excluding tert-OH is 1. The van der Waals surface area contributed by atoms with E-state index in [2.05, 4.69) is 22.2 Å². The number of aryl methyl sites for hydroxylation is 1. The summed E-state index contributed by atoms with van der Waals surface area (Å²) in [7, 11) is 0. The molecular formula is C19H26N2O2S. The van der Waals surface area contributed by atoms with Gasteiger partial charge in [0.05, 0.1) is 24.3 Å². The van der Waals surface area contributed by atoms with Gasteiger partial charge in [-0.05, 0) is 38.4 Å². The molecule has 0 radical (unpaired) electrons. The van der Waals surface area contributed by atoms with E-state index in [4.69, 9.17) is 4.74 Å². The molecule has 5 heteroatoms. The second-order valence-electron chi connectivity index (χ2n) is 6.56. The monoisotopic (exact) mass is 346 g/mol. The minimum atomic E-state index is -0.424. The molecule has 1 N–H and O–H groups in total. The third kappa shape index (κ3) is 5.11. The minimum Gasteiger partial charge on any atom is -0.389 e. The Kier molecular flexibility index (Phi) is 6.37. The van der Waals surface area contributed by atoms with Gasteiger partial charge in [0, 0.05) is 23.5 Å². The van der Waals surface area contributed by atoms with Crippen molar-refractivity contribution in [2.75, 3.05) is 26.2 Å². The highest BCUT2D eigenvalue weighted by Gasteiger charge is 2.23. The molecule has 1 aliphatic rings. The van der Waals surface area contributed by atoms with Crippen LogP contribution in [0.1, 0.15) is 35.0 Å². The first-order valence-corrected chi connectivity index (χ1v) is 9.53. The number of β-amino-alcohol motifs (C(OH)–C–C–N with tert-alkyl or cyclic N) is 1. The van der Waals surface area contributed by atoms with Crippen LogP contribution in [0.25, 0.3) is 0 Å². The van der Waals surface area contributed by atoms with Gasteiger partial charge in [0.2, 0.25) is 0 Å². The molecule has 0 amide bonds. The number of thiazole rings is 1. The summed E-state index contributed by atoms with van der Waals surface area (Å²) in [5.74, 6) is 0.589. The lowest BCUT2D eigenvalue weighted by Gasteiger charge is -2.32. The summed E-state index contributed by atoms with van der Waals surface area (Å²) in [6, 6.07) is 10.1. The van der Waals surface area contributed by atoms with Crippen molar-refractivity contribution < 1.29 is 9.84 Å². The van der Waals surface area contributed by atoms with Crippen LogP contribution < -0.4 is 0 Å². The van der Waals surface area contributed by atoms with E-state index in [1.165, 1.54) is 5.01 Å². The van der Waals surface area contributed by atoms with E-state index in [9.17, 15) is 5.11 Å². The molecule has 1 aromatic carbocycles. The zero-order valence-electron chi connectivity index (χ0n) is 14.2. The predicted molar refractivity (Wildman–Crippen MR) is 97.4 cm³/mol. The highest BCUT2D eigenvalue weighted by Crippen LogP contribution is 2.30. The molecular weight excluding hydrogens is 320 g/mol. The summed E-state index contributed by atoms with van der Waals surface area (Å²) >= 11 is 1.78. The van der Waals surface area contributed by atoms with Gasteiger partial charge >= 0.3 is 0 Å². The first kappa shape index (κ1) is 17.5. The second-order valence-corrected chi connectivity index (χ2v) is 7.45. The van der Waals surface area contributed by atoms with Gasteiger partial charge in [0.15, 0.2) is 0 Å². The number of benzene rings is 1. The molecule has 0 saturated carbocycles. The van der Waals surface area contributed by atoms with Crippen molar-refractivity contribution in [3.63, 3.8) is 0 Å². The minimum absolute atomic E-state index is 0.389. The number of ether oxygens (including phenoxy) is 1. The Morgan fingerprint density at radius 2 is 2.04 bits per heavy atom. The van der Waals surface area contributed by atoms with Gasteiger partial charge in [0.1, 0.15) is 0 Å². The zero-order chi connectivity index (χ0) is 16.8. The third-order valence-corrected chi connectivity index (χ3v) is 5.59. The smallest absolute Gasteiger partial charge is 0.0960 e. The average Bonchev–Trinajstić information content (AvgIpc) is 3.03. The van der Waals surface area contributed by atoms with E-state index >= 15 is 0 Å². The summed E-state index contributed by atoms with van der Waals surface area (Å²) in [4.78, 5) is 6.96. The third-order valence-electron chi connectivity index (χ3n) is 4.46. The molecule has 1 aliphatic heterocycles. The lowest BCUT2D eigenvalue weighted by atomic mass is 9.97. The maximum Gasteiger partial charge on any atom is 0.0960 e. The van der Waals surface area contributed by atoms with Gasteiger partial charge in [-0.2, -0.15) is 0 Å². The van der Waals surface area contributed by atoms with E-state index in [1.807, 2.05) is 30.3 Å². The zero-order valence-corrected chi connectivity index (χ0v) is 15.0. The van der Waals surface area contributed by atoms with E-state index in [0.717, 1.165) is 37.2 Å². The lowest BCUT2D eigenvalue weighted by Crippen LogP contribution is -2.39. The maximum absolute atomic E-state index is 10.2. The highest BCUT2D eigenvalue weighted by atomic mass is 32.1. The fraction of sp³-hybridized carbons (Fsp3) is 0.526. The average molecular weight is 346 g/mol. The molecule has 2 heterocycles. The van der Waals surface area contributed by atoms with Crippen molar-refractivity contribution in [1.82, 2.24) is 9.88 Å². The van der Waals surface area contributed by atoms with Crippen molar-refractivity contribution in [2.45, 2.75) is 38.4 Å². The van der Waals surface area contributed by atoms with Crippen molar-refractivity contribution in [2.24, 2.45) is 0 Å². The first-order chi connectivity index (χ1) is 11.7. The standard InChI is InChI=1S/C19H26N2O2S/c1-15-14-24-19(20-15)17-7-9-21(10-8-17)11-18(22)13-23-12-16-5-3-2-4-6-16/h2-6,14,17-18,22H,7-13H2,1H3. The molecule has 0 spiro atoms. The summed E-state index contributed by atoms with van der Waals surface area (Å²) < 4.78 is 5.63. The summed E-state index contributed by atoms with van der Waals surface area (Å²) in [6.45, 7) is 5.75. The van der Waals surface area contributed by atoms with Gasteiger partial charge in [0.25, 0.3) is 0 Å². The lowest BCUT2D eigenvalue weighted by molar-refractivity contribution is 0.00621. The van der Waals surface area contributed by atoms with E-state index in [1.54, 1.807) is 11.3 Å². The van der Waals surface area contributed by atoms with Crippen LogP contribution in [0.5, 0.6) is 0 Å². The Labute approximate surface area is 148 Å². The number of hydrogen-bond acceptors (Lipinski definition) is 5. The molecule has 0 aliphatic carbocycles. The molecule has 2 aromatic rings. The van der Waals surface area contributed by atoms with Crippen LogP contribution in [-0.2, 0) is 11.3 Å². The van der Waals surface area contributed by atoms with Crippen LogP contribution in [0.2, 0.25) is 0 Å². The number of likely N-dealkylation sites (tertiary alicyclic amines) is 1. The molecule has 1 saturated heterocycles. The van der Waals surface area contributed by atoms with Crippen LogP contribution in [-0.4, -0.2) is 47.3 Å². The topological polar surface area (TPSA) is 45.6 Å². The molecule has 1 unspecified atom stereocenters. The van der Waals surface area contributed by atoms with E-state index < -0.39 is 6.10 Å². The first-order valence-electron chi connectivity index (χ1n) is 8.65. The SMILES string of the molecule is Cc1csc(C2CCN(CC(O)COCc3ccccc3)CC2)n1. The Hall–Kier alpha value is -1.27. The Morgan fingerprint density at radius 3 is 2.71 bits per heavy atom. The number of aliphatic hydroxyl groups is 1. The van der Waals surface area contributed by atoms with Gasteiger partial charge < -0.3 is 14.7 Å². The van der Waals surface area contributed by atoms with E-state index in [0.29, 0.717) is 25.7 Å². The fourth-order valence-electron chi connectivity index (χ4n) is 3.16. The molecule has 0 bridgehead atoms. The van der Waals surface area contributed by atoms with Crippen LogP contribution in [0.4, 0.5) is 0 Å². The molecule has 1 atom stereocenters. The number of piperidine rings is 1. The van der Waals surface area contributed by atoms with Crippen molar-refractivity contribution in [1.29, 1.82) is 0 Å². The number of rotatable bonds is 7. The van der Waals surface area contributed by atoms with Gasteiger partial charge in [-0.1, -0.05) is 30.3 Å². The van der Waals surface area contributed by atoms with Crippen LogP contribution in [0.15, 0.2) is 35.7 Å². The van der Waals surface area contributed by atoms with Gasteiger partial charge in [-0.25, -0.2) is 4.98 Å². The maximum atomic E-state index is 10.2. The molecule has 1 aromatic heterocycles. The van der Waals surface area contributed by atoms with Crippen LogP contribution >= 0.6 is 11.3 Å². The summed E-state index contributed by atoms with van der Waals surface area (Å²) in [5.41, 5.74) is 2.27. The van der Waals surface area contributed by atoms with Gasteiger partial charge in [-0.15, -0.1) is 11.3 Å². The van der Waals surface area contributed by atoms with Crippen LogP contribution in [0.3, 0.4) is 0 Å². The molecule has 3 rings (SSSR count). The number of hydrogen-bond donors (Lipinski definition) is 1. The largest absolute Gasteiger partial charge is 0.389 e. The molecule has 130 valence electrons. The Balaban J connectivity index is 1.35. The van der Waals surface area contributed by atoms with Crippen molar-refractivity contribution in [3.05, 3.63) is 52.0 Å². The summed E-state index contributed by atoms with van der Waals surface area (Å²) in [6.07, 6.45) is 1.84. The molecule has 4 nitrogen and oxygen atoms in total. The molecule has 24 heavy (non-hydrogen) atoms. The Morgan fingerprint density at radius 1 is 1.29 bits per heavy atom. The second kappa shape index (κ2) is 8.72. The number of aromatic nitrogens is 1. The summed E-state index contributed by atoms with van der Waals surface area (Å²) in [5, 5.41) is 13.6. The quantitative estimate of drug-likeness (QED) is 0.836. The Bertz CT molecular complexity index is 609. The van der Waals surface area contributed by atoms with Crippen LogP contribution in [0, 0.1) is 6.92 Å². The molecule has 1 fully saturated rings. The normalized spacial score (nSPS) is 17.9. The van der Waals surface area contributed by atoms with Crippen molar-refractivity contribution >= 4 is 11.3 Å². The predicted octanol–water partition coefficient (Wildman–Crippen LogP) is 3.21. The van der Waals surface area contributed by atoms with Gasteiger partial charge in [-0.3, -0.25) is 0 Å². The highest BCUT2D eigenvalue weighted by molar-refractivity contribution is 7.09. The van der Waals surface area contributed by atoms with E-state index in [-0.39, 0.29) is 0 Å². The number of nitrogens with zero attached hydrogens (tertiary/aromatic N) is 2.